The van der Waals surface area contributed by atoms with Crippen molar-refractivity contribution in [3.05, 3.63) is 53.2 Å². The third-order valence-electron chi connectivity index (χ3n) is 2.56. The number of rotatable bonds is 4. The van der Waals surface area contributed by atoms with E-state index in [0.29, 0.717) is 17.8 Å². The predicted molar refractivity (Wildman–Crippen MR) is 70.1 cm³/mol. The molecule has 4 heteroatoms. The van der Waals surface area contributed by atoms with E-state index in [1.165, 1.54) is 6.07 Å². The van der Waals surface area contributed by atoms with Crippen LogP contribution >= 0.6 is 0 Å². The van der Waals surface area contributed by atoms with E-state index in [2.05, 4.69) is 15.3 Å². The van der Waals surface area contributed by atoms with Gasteiger partial charge in [-0.05, 0) is 25.5 Å². The molecule has 1 heterocycles. The summed E-state index contributed by atoms with van der Waals surface area (Å²) in [5.41, 5.74) is 1.50. The normalized spacial score (nSPS) is 10.4. The van der Waals surface area contributed by atoms with Crippen molar-refractivity contribution in [2.45, 2.75) is 20.3 Å². The molecule has 0 amide bonds. The van der Waals surface area contributed by atoms with Gasteiger partial charge in [-0.15, -0.1) is 0 Å². The summed E-state index contributed by atoms with van der Waals surface area (Å²) in [7, 11) is 0. The van der Waals surface area contributed by atoms with Crippen LogP contribution in [0.2, 0.25) is 0 Å². The quantitative estimate of drug-likeness (QED) is 0.900. The highest BCUT2D eigenvalue weighted by molar-refractivity contribution is 5.36. The van der Waals surface area contributed by atoms with Gasteiger partial charge in [0.2, 0.25) is 0 Å². The van der Waals surface area contributed by atoms with Crippen molar-refractivity contribution in [1.29, 1.82) is 0 Å². The van der Waals surface area contributed by atoms with Crippen molar-refractivity contribution >= 4 is 5.82 Å². The lowest BCUT2D eigenvalue weighted by Gasteiger charge is -2.07. The highest BCUT2D eigenvalue weighted by atomic mass is 19.1. The van der Waals surface area contributed by atoms with E-state index < -0.39 is 0 Å². The maximum absolute atomic E-state index is 13.6. The average molecular weight is 245 g/mol. The minimum atomic E-state index is -0.215. The molecule has 3 nitrogen and oxygen atoms in total. The number of nitrogens with zero attached hydrogens (tertiary/aromatic N) is 2. The standard InChI is InChI=1S/C14H16FN3/c1-3-16-13-8-10(2)17-14(18-13)9-11-6-4-5-7-12(11)15/h4-8H,3,9H2,1-2H3,(H,16,17,18). The Bertz CT molecular complexity index is 540. The number of nitrogens with one attached hydrogen (secondary N) is 1. The molecule has 0 aliphatic heterocycles. The number of hydrogen-bond acceptors (Lipinski definition) is 3. The second kappa shape index (κ2) is 5.58. The zero-order valence-electron chi connectivity index (χ0n) is 10.6. The first kappa shape index (κ1) is 12.5. The van der Waals surface area contributed by atoms with Crippen molar-refractivity contribution in [3.63, 3.8) is 0 Å². The Hall–Kier alpha value is -1.97. The SMILES string of the molecule is CCNc1cc(C)nc(Cc2ccccc2F)n1. The first-order valence-corrected chi connectivity index (χ1v) is 6.01. The van der Waals surface area contributed by atoms with E-state index >= 15 is 0 Å². The van der Waals surface area contributed by atoms with Gasteiger partial charge in [0.25, 0.3) is 0 Å². The summed E-state index contributed by atoms with van der Waals surface area (Å²) in [6.07, 6.45) is 0.409. The van der Waals surface area contributed by atoms with Crippen LogP contribution in [0.5, 0.6) is 0 Å². The van der Waals surface area contributed by atoms with Gasteiger partial charge in [0.15, 0.2) is 0 Å². The maximum Gasteiger partial charge on any atom is 0.135 e. The van der Waals surface area contributed by atoms with Crippen molar-refractivity contribution in [3.8, 4) is 0 Å². The molecule has 18 heavy (non-hydrogen) atoms. The zero-order valence-corrected chi connectivity index (χ0v) is 10.6. The second-order valence-corrected chi connectivity index (χ2v) is 4.11. The van der Waals surface area contributed by atoms with E-state index in [1.807, 2.05) is 26.0 Å². The minimum absolute atomic E-state index is 0.215. The second-order valence-electron chi connectivity index (χ2n) is 4.11. The molecule has 2 rings (SSSR count). The largest absolute Gasteiger partial charge is 0.370 e. The summed E-state index contributed by atoms with van der Waals surface area (Å²) >= 11 is 0. The Balaban J connectivity index is 2.26. The van der Waals surface area contributed by atoms with Gasteiger partial charge >= 0.3 is 0 Å². The summed E-state index contributed by atoms with van der Waals surface area (Å²) in [6.45, 7) is 4.72. The molecule has 2 aromatic rings. The Labute approximate surface area is 106 Å². The fourth-order valence-electron chi connectivity index (χ4n) is 1.79. The Morgan fingerprint density at radius 2 is 2.00 bits per heavy atom. The number of aromatic nitrogens is 2. The highest BCUT2D eigenvalue weighted by Crippen LogP contribution is 2.13. The molecule has 1 aromatic heterocycles. The van der Waals surface area contributed by atoms with E-state index in [1.54, 1.807) is 12.1 Å². The molecule has 0 atom stereocenters. The third-order valence-corrected chi connectivity index (χ3v) is 2.56. The molecule has 0 bridgehead atoms. The van der Waals surface area contributed by atoms with Gasteiger partial charge in [-0.3, -0.25) is 0 Å². The van der Waals surface area contributed by atoms with E-state index in [9.17, 15) is 4.39 Å². The Kier molecular flexibility index (Phi) is 3.87. The van der Waals surface area contributed by atoms with Crippen LogP contribution in [0.15, 0.2) is 30.3 Å². The fraction of sp³-hybridized carbons (Fsp3) is 0.286. The van der Waals surface area contributed by atoms with Gasteiger partial charge in [0, 0.05) is 24.7 Å². The molecule has 0 fully saturated rings. The van der Waals surface area contributed by atoms with Crippen molar-refractivity contribution in [1.82, 2.24) is 9.97 Å². The highest BCUT2D eigenvalue weighted by Gasteiger charge is 2.06. The number of halogens is 1. The van der Waals surface area contributed by atoms with E-state index in [-0.39, 0.29) is 5.82 Å². The number of hydrogen-bond donors (Lipinski definition) is 1. The van der Waals surface area contributed by atoms with Crippen LogP contribution in [0.4, 0.5) is 10.2 Å². The van der Waals surface area contributed by atoms with Crippen molar-refractivity contribution in [2.24, 2.45) is 0 Å². The molecular formula is C14H16FN3. The molecule has 0 aliphatic rings. The summed E-state index contributed by atoms with van der Waals surface area (Å²) < 4.78 is 13.6. The molecule has 1 N–H and O–H groups in total. The van der Waals surface area contributed by atoms with Crippen LogP contribution < -0.4 is 5.32 Å². The number of benzene rings is 1. The van der Waals surface area contributed by atoms with Crippen molar-refractivity contribution < 1.29 is 4.39 Å². The molecule has 0 saturated carbocycles. The lowest BCUT2D eigenvalue weighted by molar-refractivity contribution is 0.612. The topological polar surface area (TPSA) is 37.8 Å². The van der Waals surface area contributed by atoms with Gasteiger partial charge in [0.05, 0.1) is 0 Å². The zero-order chi connectivity index (χ0) is 13.0. The first-order chi connectivity index (χ1) is 8.69. The van der Waals surface area contributed by atoms with Crippen LogP contribution in [0.3, 0.4) is 0 Å². The summed E-state index contributed by atoms with van der Waals surface area (Å²) in [5, 5.41) is 3.14. The van der Waals surface area contributed by atoms with Gasteiger partial charge in [-0.1, -0.05) is 18.2 Å². The third kappa shape index (κ3) is 3.03. The molecule has 0 spiro atoms. The smallest absolute Gasteiger partial charge is 0.135 e. The van der Waals surface area contributed by atoms with E-state index in [0.717, 1.165) is 18.1 Å². The summed E-state index contributed by atoms with van der Waals surface area (Å²) in [5.74, 6) is 1.21. The number of aryl methyl sites for hydroxylation is 1. The Morgan fingerprint density at radius 1 is 1.22 bits per heavy atom. The molecule has 0 radical (unpaired) electrons. The monoisotopic (exact) mass is 245 g/mol. The summed E-state index contributed by atoms with van der Waals surface area (Å²) in [6, 6.07) is 8.60. The van der Waals surface area contributed by atoms with Gasteiger partial charge in [-0.25, -0.2) is 14.4 Å². The lowest BCUT2D eigenvalue weighted by atomic mass is 10.1. The Morgan fingerprint density at radius 3 is 2.72 bits per heavy atom. The van der Waals surface area contributed by atoms with Crippen LogP contribution in [-0.2, 0) is 6.42 Å². The maximum atomic E-state index is 13.6. The van der Waals surface area contributed by atoms with Gasteiger partial charge in [0.1, 0.15) is 17.5 Å². The predicted octanol–water partition coefficient (Wildman–Crippen LogP) is 2.95. The van der Waals surface area contributed by atoms with E-state index in [4.69, 9.17) is 0 Å². The molecule has 94 valence electrons. The van der Waals surface area contributed by atoms with Crippen LogP contribution in [0.25, 0.3) is 0 Å². The molecule has 0 aliphatic carbocycles. The number of anilines is 1. The average Bonchev–Trinajstić information content (AvgIpc) is 2.32. The molecule has 0 saturated heterocycles. The molecule has 0 unspecified atom stereocenters. The molecule has 1 aromatic carbocycles. The van der Waals surface area contributed by atoms with Gasteiger partial charge < -0.3 is 5.32 Å². The van der Waals surface area contributed by atoms with Crippen LogP contribution in [0, 0.1) is 12.7 Å². The first-order valence-electron chi connectivity index (χ1n) is 6.01. The molecular weight excluding hydrogens is 229 g/mol. The fourth-order valence-corrected chi connectivity index (χ4v) is 1.79. The van der Waals surface area contributed by atoms with Crippen LogP contribution in [0.1, 0.15) is 24.0 Å². The summed E-state index contributed by atoms with van der Waals surface area (Å²) in [4.78, 5) is 8.71. The minimum Gasteiger partial charge on any atom is -0.370 e. The van der Waals surface area contributed by atoms with Crippen LogP contribution in [-0.4, -0.2) is 16.5 Å². The lowest BCUT2D eigenvalue weighted by Crippen LogP contribution is -2.05. The van der Waals surface area contributed by atoms with Gasteiger partial charge in [-0.2, -0.15) is 0 Å². The van der Waals surface area contributed by atoms with Crippen molar-refractivity contribution in [2.75, 3.05) is 11.9 Å².